The van der Waals surface area contributed by atoms with E-state index in [9.17, 15) is 14.7 Å². The first-order valence-corrected chi connectivity index (χ1v) is 8.85. The fourth-order valence-electron chi connectivity index (χ4n) is 2.76. The van der Waals surface area contributed by atoms with E-state index in [4.69, 9.17) is 9.47 Å². The van der Waals surface area contributed by atoms with Gasteiger partial charge in [0.15, 0.2) is 6.10 Å². The first kappa shape index (κ1) is 20.5. The van der Waals surface area contributed by atoms with Gasteiger partial charge in [0, 0.05) is 13.7 Å². The van der Waals surface area contributed by atoms with Crippen LogP contribution in [-0.4, -0.2) is 37.2 Å². The van der Waals surface area contributed by atoms with Crippen molar-refractivity contribution in [2.75, 3.05) is 20.3 Å². The van der Waals surface area contributed by atoms with E-state index in [0.29, 0.717) is 13.0 Å². The predicted molar refractivity (Wildman–Crippen MR) is 102 cm³/mol. The van der Waals surface area contributed by atoms with Gasteiger partial charge in [-0.3, -0.25) is 9.59 Å². The zero-order valence-electron chi connectivity index (χ0n) is 15.6. The molecule has 0 spiro atoms. The lowest BCUT2D eigenvalue weighted by Crippen LogP contribution is -2.37. The van der Waals surface area contributed by atoms with Gasteiger partial charge in [-0.1, -0.05) is 42.5 Å². The number of carboxylic acid groups (broad SMARTS) is 1. The second kappa shape index (κ2) is 10.3. The van der Waals surface area contributed by atoms with Crippen LogP contribution in [0.25, 0.3) is 0 Å². The molecule has 1 amide bonds. The molecule has 0 aliphatic heterocycles. The Morgan fingerprint density at radius 3 is 2.30 bits per heavy atom. The highest BCUT2D eigenvalue weighted by Gasteiger charge is 2.23. The number of nitrogens with one attached hydrogen (secondary N) is 1. The first-order valence-electron chi connectivity index (χ1n) is 8.85. The van der Waals surface area contributed by atoms with Crippen molar-refractivity contribution in [1.82, 2.24) is 5.32 Å². The fourth-order valence-corrected chi connectivity index (χ4v) is 2.76. The van der Waals surface area contributed by atoms with Gasteiger partial charge in [0.2, 0.25) is 0 Å². The van der Waals surface area contributed by atoms with Crippen molar-refractivity contribution in [2.45, 2.75) is 19.4 Å². The van der Waals surface area contributed by atoms with Gasteiger partial charge in [-0.2, -0.15) is 0 Å². The number of carboxylic acids is 1. The Morgan fingerprint density at radius 1 is 1.07 bits per heavy atom. The van der Waals surface area contributed by atoms with Crippen LogP contribution in [0.2, 0.25) is 0 Å². The van der Waals surface area contributed by atoms with E-state index >= 15 is 0 Å². The summed E-state index contributed by atoms with van der Waals surface area (Å²) in [4.78, 5) is 24.0. The number of ether oxygens (including phenoxy) is 2. The second-order valence-electron chi connectivity index (χ2n) is 6.09. The molecule has 0 aliphatic rings. The third kappa shape index (κ3) is 6.11. The third-order valence-corrected chi connectivity index (χ3v) is 4.16. The van der Waals surface area contributed by atoms with Crippen LogP contribution in [0.1, 0.15) is 24.2 Å². The molecule has 6 heteroatoms. The maximum absolute atomic E-state index is 12.4. The van der Waals surface area contributed by atoms with Gasteiger partial charge in [-0.15, -0.1) is 0 Å². The van der Waals surface area contributed by atoms with Crippen LogP contribution in [0.5, 0.6) is 5.75 Å². The van der Waals surface area contributed by atoms with Crippen molar-refractivity contribution >= 4 is 11.9 Å². The molecule has 2 rings (SSSR count). The smallest absolute Gasteiger partial charge is 0.308 e. The second-order valence-corrected chi connectivity index (χ2v) is 6.09. The largest absolute Gasteiger partial charge is 0.494 e. The van der Waals surface area contributed by atoms with E-state index in [2.05, 4.69) is 5.32 Å². The zero-order chi connectivity index (χ0) is 19.6. The third-order valence-electron chi connectivity index (χ3n) is 4.16. The Hall–Kier alpha value is -2.86. The van der Waals surface area contributed by atoms with E-state index in [-0.39, 0.29) is 12.5 Å². The highest BCUT2D eigenvalue weighted by Crippen LogP contribution is 2.18. The number of methoxy groups -OCH3 is 1. The normalized spacial score (nSPS) is 12.8. The minimum atomic E-state index is -0.960. The lowest BCUT2D eigenvalue weighted by molar-refractivity contribution is -0.142. The summed E-state index contributed by atoms with van der Waals surface area (Å²) in [7, 11) is 1.45. The van der Waals surface area contributed by atoms with Crippen LogP contribution in [0, 0.1) is 5.92 Å². The molecular weight excluding hydrogens is 346 g/mol. The maximum atomic E-state index is 12.4. The molecule has 2 N–H and O–H groups in total. The van der Waals surface area contributed by atoms with Crippen LogP contribution in [0.15, 0.2) is 54.6 Å². The summed E-state index contributed by atoms with van der Waals surface area (Å²) in [6.07, 6.45) is -0.462. The van der Waals surface area contributed by atoms with Gasteiger partial charge < -0.3 is 19.9 Å². The van der Waals surface area contributed by atoms with Crippen LogP contribution < -0.4 is 10.1 Å². The molecule has 0 saturated heterocycles. The number of hydrogen-bond donors (Lipinski definition) is 2. The fraction of sp³-hybridized carbons (Fsp3) is 0.333. The minimum Gasteiger partial charge on any atom is -0.494 e. The summed E-state index contributed by atoms with van der Waals surface area (Å²) in [5.74, 6) is -1.31. The summed E-state index contributed by atoms with van der Waals surface area (Å²) in [6.45, 7) is 2.50. The zero-order valence-corrected chi connectivity index (χ0v) is 15.6. The number of carbonyl (C=O) groups is 2. The van der Waals surface area contributed by atoms with Gasteiger partial charge in [0.1, 0.15) is 5.75 Å². The van der Waals surface area contributed by atoms with Crippen molar-refractivity contribution in [1.29, 1.82) is 0 Å². The number of rotatable bonds is 10. The number of benzene rings is 2. The molecule has 2 atom stereocenters. The molecule has 2 aromatic rings. The Morgan fingerprint density at radius 2 is 1.74 bits per heavy atom. The van der Waals surface area contributed by atoms with Gasteiger partial charge in [0.25, 0.3) is 5.91 Å². The summed E-state index contributed by atoms with van der Waals surface area (Å²) in [5, 5.41) is 12.2. The van der Waals surface area contributed by atoms with Crippen LogP contribution in [0.3, 0.4) is 0 Å². The van der Waals surface area contributed by atoms with Crippen LogP contribution >= 0.6 is 0 Å². The molecule has 2 unspecified atom stereocenters. The molecule has 27 heavy (non-hydrogen) atoms. The average molecular weight is 371 g/mol. The Bertz CT molecular complexity index is 730. The van der Waals surface area contributed by atoms with Gasteiger partial charge in [0.05, 0.1) is 12.5 Å². The Kier molecular flexibility index (Phi) is 7.82. The standard InChI is InChI=1S/C21H25NO5/c1-3-27-18-11-9-15(10-12-18)13-17(21(24)25)14-22-20(23)19(26-2)16-7-5-4-6-8-16/h4-12,17,19H,3,13-14H2,1-2H3,(H,22,23)(H,24,25). The van der Waals surface area contributed by atoms with Crippen LogP contribution in [-0.2, 0) is 20.7 Å². The van der Waals surface area contributed by atoms with E-state index in [0.717, 1.165) is 16.9 Å². The van der Waals surface area contributed by atoms with Crippen molar-refractivity contribution in [2.24, 2.45) is 5.92 Å². The van der Waals surface area contributed by atoms with Crippen molar-refractivity contribution in [3.05, 3.63) is 65.7 Å². The minimum absolute atomic E-state index is 0.0219. The molecule has 2 aromatic carbocycles. The lowest BCUT2D eigenvalue weighted by atomic mass is 9.99. The number of aliphatic carboxylic acids is 1. The summed E-state index contributed by atoms with van der Waals surface area (Å²) >= 11 is 0. The predicted octanol–water partition coefficient (Wildman–Crippen LogP) is 2.83. The summed E-state index contributed by atoms with van der Waals surface area (Å²) in [6, 6.07) is 16.4. The van der Waals surface area contributed by atoms with E-state index in [1.807, 2.05) is 49.4 Å². The van der Waals surface area contributed by atoms with Crippen LogP contribution in [0.4, 0.5) is 0 Å². The van der Waals surface area contributed by atoms with Crippen molar-refractivity contribution in [3.8, 4) is 5.75 Å². The van der Waals surface area contributed by atoms with Gasteiger partial charge >= 0.3 is 5.97 Å². The highest BCUT2D eigenvalue weighted by molar-refractivity contribution is 5.82. The summed E-state index contributed by atoms with van der Waals surface area (Å²) in [5.41, 5.74) is 1.59. The topological polar surface area (TPSA) is 84.9 Å². The molecule has 6 nitrogen and oxygen atoms in total. The highest BCUT2D eigenvalue weighted by atomic mass is 16.5. The molecule has 0 fully saturated rings. The number of hydrogen-bond acceptors (Lipinski definition) is 4. The monoisotopic (exact) mass is 371 g/mol. The molecule has 0 heterocycles. The van der Waals surface area contributed by atoms with Crippen molar-refractivity contribution in [3.63, 3.8) is 0 Å². The van der Waals surface area contributed by atoms with Gasteiger partial charge in [-0.05, 0) is 36.6 Å². The molecule has 0 saturated carbocycles. The Labute approximate surface area is 159 Å². The molecule has 144 valence electrons. The quantitative estimate of drug-likeness (QED) is 0.671. The van der Waals surface area contributed by atoms with Crippen molar-refractivity contribution < 1.29 is 24.2 Å². The van der Waals surface area contributed by atoms with E-state index < -0.39 is 18.0 Å². The number of amides is 1. The molecular formula is C21H25NO5. The molecule has 0 bridgehead atoms. The molecule has 0 radical (unpaired) electrons. The SMILES string of the molecule is CCOc1ccc(CC(CNC(=O)C(OC)c2ccccc2)C(=O)O)cc1. The molecule has 0 aliphatic carbocycles. The van der Waals surface area contributed by atoms with Gasteiger partial charge in [-0.25, -0.2) is 0 Å². The number of carbonyl (C=O) groups excluding carboxylic acids is 1. The summed E-state index contributed by atoms with van der Waals surface area (Å²) < 4.78 is 10.7. The maximum Gasteiger partial charge on any atom is 0.308 e. The first-order chi connectivity index (χ1) is 13.0. The van der Waals surface area contributed by atoms with E-state index in [1.165, 1.54) is 7.11 Å². The molecule has 0 aromatic heterocycles. The average Bonchev–Trinajstić information content (AvgIpc) is 2.68. The lowest BCUT2D eigenvalue weighted by Gasteiger charge is -2.18. The van der Waals surface area contributed by atoms with E-state index in [1.54, 1.807) is 12.1 Å². The Balaban J connectivity index is 1.97.